The highest BCUT2D eigenvalue weighted by atomic mass is 19.1. The first-order valence-corrected chi connectivity index (χ1v) is 9.96. The SMILES string of the molecule is CCc1ccc(NC(=O)[C@H]2CC(=O)N(CCc3c[nH]c4ccc(F)cc34)C2)cc1. The smallest absolute Gasteiger partial charge is 0.229 e. The van der Waals surface area contributed by atoms with E-state index in [1.165, 1.54) is 17.7 Å². The molecule has 1 saturated heterocycles. The van der Waals surface area contributed by atoms with Crippen LogP contribution in [0.1, 0.15) is 24.5 Å². The Labute approximate surface area is 168 Å². The van der Waals surface area contributed by atoms with Crippen LogP contribution in [0.5, 0.6) is 0 Å². The Morgan fingerprint density at radius 3 is 2.79 bits per heavy atom. The number of anilines is 1. The lowest BCUT2D eigenvalue weighted by atomic mass is 10.1. The van der Waals surface area contributed by atoms with Gasteiger partial charge in [0.2, 0.25) is 11.8 Å². The average molecular weight is 393 g/mol. The second-order valence-electron chi connectivity index (χ2n) is 7.53. The molecule has 1 aliphatic rings. The van der Waals surface area contributed by atoms with Crippen molar-refractivity contribution in [3.8, 4) is 0 Å². The standard InChI is InChI=1S/C23H24FN3O2/c1-2-15-3-6-19(7-4-15)26-23(29)17-11-22(28)27(14-17)10-9-16-13-25-21-8-5-18(24)12-20(16)21/h3-8,12-13,17,25H,2,9-11,14H2,1H3,(H,26,29)/t17-/m0/s1. The van der Waals surface area contributed by atoms with Crippen LogP contribution >= 0.6 is 0 Å². The van der Waals surface area contributed by atoms with Crippen molar-refractivity contribution >= 4 is 28.4 Å². The molecule has 0 unspecified atom stereocenters. The number of halogens is 1. The highest BCUT2D eigenvalue weighted by molar-refractivity contribution is 5.97. The molecule has 6 heteroatoms. The van der Waals surface area contributed by atoms with Gasteiger partial charge in [0, 0.05) is 42.3 Å². The number of aromatic nitrogens is 1. The number of nitrogens with one attached hydrogen (secondary N) is 2. The molecule has 0 aliphatic carbocycles. The number of H-pyrrole nitrogens is 1. The minimum Gasteiger partial charge on any atom is -0.361 e. The normalized spacial score (nSPS) is 16.6. The maximum Gasteiger partial charge on any atom is 0.229 e. The molecule has 0 bridgehead atoms. The molecule has 2 N–H and O–H groups in total. The summed E-state index contributed by atoms with van der Waals surface area (Å²) in [5, 5.41) is 3.75. The number of carbonyl (C=O) groups excluding carboxylic acids is 2. The number of aromatic amines is 1. The van der Waals surface area contributed by atoms with Crippen molar-refractivity contribution in [3.63, 3.8) is 0 Å². The van der Waals surface area contributed by atoms with Crippen molar-refractivity contribution < 1.29 is 14.0 Å². The number of carbonyl (C=O) groups is 2. The monoisotopic (exact) mass is 393 g/mol. The summed E-state index contributed by atoms with van der Waals surface area (Å²) in [5.74, 6) is -0.773. The van der Waals surface area contributed by atoms with Gasteiger partial charge in [-0.2, -0.15) is 0 Å². The third-order valence-corrected chi connectivity index (χ3v) is 5.60. The topological polar surface area (TPSA) is 65.2 Å². The molecule has 4 rings (SSSR count). The predicted octanol–water partition coefficient (Wildman–Crippen LogP) is 3.90. The fourth-order valence-electron chi connectivity index (χ4n) is 3.84. The van der Waals surface area contributed by atoms with Gasteiger partial charge in [-0.3, -0.25) is 9.59 Å². The van der Waals surface area contributed by atoms with Crippen LogP contribution in [0.4, 0.5) is 10.1 Å². The Balaban J connectivity index is 1.35. The lowest BCUT2D eigenvalue weighted by molar-refractivity contribution is -0.128. The van der Waals surface area contributed by atoms with E-state index in [1.807, 2.05) is 30.5 Å². The van der Waals surface area contributed by atoms with Crippen LogP contribution < -0.4 is 5.32 Å². The molecule has 150 valence electrons. The fraction of sp³-hybridized carbons (Fsp3) is 0.304. The number of likely N-dealkylation sites (tertiary alicyclic amines) is 1. The van der Waals surface area contributed by atoms with Crippen LogP contribution in [0.2, 0.25) is 0 Å². The highest BCUT2D eigenvalue weighted by Crippen LogP contribution is 2.23. The van der Waals surface area contributed by atoms with Crippen LogP contribution in [0.3, 0.4) is 0 Å². The highest BCUT2D eigenvalue weighted by Gasteiger charge is 2.34. The maximum absolute atomic E-state index is 13.5. The van der Waals surface area contributed by atoms with E-state index >= 15 is 0 Å². The minimum absolute atomic E-state index is 0.0162. The zero-order valence-corrected chi connectivity index (χ0v) is 16.4. The van der Waals surface area contributed by atoms with Gasteiger partial charge in [0.1, 0.15) is 5.82 Å². The van der Waals surface area contributed by atoms with Crippen LogP contribution in [-0.4, -0.2) is 34.8 Å². The summed E-state index contributed by atoms with van der Waals surface area (Å²) < 4.78 is 13.5. The Bertz CT molecular complexity index is 1040. The molecule has 2 heterocycles. The van der Waals surface area contributed by atoms with Crippen LogP contribution in [0.15, 0.2) is 48.7 Å². The van der Waals surface area contributed by atoms with E-state index in [9.17, 15) is 14.0 Å². The Hall–Kier alpha value is -3.15. The second kappa shape index (κ2) is 8.07. The molecule has 29 heavy (non-hydrogen) atoms. The molecular formula is C23H24FN3O2. The summed E-state index contributed by atoms with van der Waals surface area (Å²) >= 11 is 0. The van der Waals surface area contributed by atoms with Gasteiger partial charge in [-0.1, -0.05) is 19.1 Å². The molecule has 1 aliphatic heterocycles. The predicted molar refractivity (Wildman–Crippen MR) is 111 cm³/mol. The van der Waals surface area contributed by atoms with Crippen LogP contribution in [0.25, 0.3) is 10.9 Å². The molecule has 1 atom stereocenters. The molecule has 0 spiro atoms. The molecule has 1 aromatic heterocycles. The Morgan fingerprint density at radius 2 is 2.03 bits per heavy atom. The van der Waals surface area contributed by atoms with Crippen molar-refractivity contribution in [3.05, 3.63) is 65.6 Å². The molecule has 2 aromatic carbocycles. The van der Waals surface area contributed by atoms with E-state index in [4.69, 9.17) is 0 Å². The van der Waals surface area contributed by atoms with E-state index in [-0.39, 0.29) is 30.0 Å². The maximum atomic E-state index is 13.5. The molecular weight excluding hydrogens is 369 g/mol. The summed E-state index contributed by atoms with van der Waals surface area (Å²) in [6.07, 6.45) is 3.64. The summed E-state index contributed by atoms with van der Waals surface area (Å²) in [6, 6.07) is 12.4. The first-order chi connectivity index (χ1) is 14.0. The zero-order valence-electron chi connectivity index (χ0n) is 16.4. The number of hydrogen-bond donors (Lipinski definition) is 2. The number of nitrogens with zero attached hydrogens (tertiary/aromatic N) is 1. The van der Waals surface area contributed by atoms with Crippen LogP contribution in [-0.2, 0) is 22.4 Å². The van der Waals surface area contributed by atoms with Crippen molar-refractivity contribution in [2.45, 2.75) is 26.2 Å². The van der Waals surface area contributed by atoms with E-state index in [0.29, 0.717) is 19.5 Å². The van der Waals surface area contributed by atoms with Gasteiger partial charge >= 0.3 is 0 Å². The number of rotatable bonds is 6. The minimum atomic E-state index is -0.353. The first kappa shape index (κ1) is 19.2. The molecule has 0 radical (unpaired) electrons. The Morgan fingerprint density at radius 1 is 1.24 bits per heavy atom. The molecule has 1 fully saturated rings. The first-order valence-electron chi connectivity index (χ1n) is 9.96. The second-order valence-corrected chi connectivity index (χ2v) is 7.53. The molecule has 3 aromatic rings. The number of amides is 2. The quantitative estimate of drug-likeness (QED) is 0.667. The number of benzene rings is 2. The van der Waals surface area contributed by atoms with Crippen molar-refractivity contribution in [1.29, 1.82) is 0 Å². The number of aryl methyl sites for hydroxylation is 1. The third-order valence-electron chi connectivity index (χ3n) is 5.60. The number of fused-ring (bicyclic) bond motifs is 1. The van der Waals surface area contributed by atoms with Gasteiger partial charge in [-0.25, -0.2) is 4.39 Å². The van der Waals surface area contributed by atoms with Crippen LogP contribution in [0, 0.1) is 11.7 Å². The van der Waals surface area contributed by atoms with Gasteiger partial charge in [0.25, 0.3) is 0 Å². The lowest BCUT2D eigenvalue weighted by Gasteiger charge is -2.16. The van der Waals surface area contributed by atoms with Crippen molar-refractivity contribution in [2.24, 2.45) is 5.92 Å². The third kappa shape index (κ3) is 4.16. The lowest BCUT2D eigenvalue weighted by Crippen LogP contribution is -2.30. The summed E-state index contributed by atoms with van der Waals surface area (Å²) in [5.41, 5.74) is 3.80. The van der Waals surface area contributed by atoms with Crippen molar-refractivity contribution in [1.82, 2.24) is 9.88 Å². The average Bonchev–Trinajstić information content (AvgIpc) is 3.30. The molecule has 5 nitrogen and oxygen atoms in total. The summed E-state index contributed by atoms with van der Waals surface area (Å²) in [4.78, 5) is 29.8. The molecule has 0 saturated carbocycles. The van der Waals surface area contributed by atoms with Gasteiger partial charge in [0.05, 0.1) is 5.92 Å². The molecule has 2 amide bonds. The van der Waals surface area contributed by atoms with E-state index in [2.05, 4.69) is 17.2 Å². The summed E-state index contributed by atoms with van der Waals surface area (Å²) in [7, 11) is 0. The van der Waals surface area contributed by atoms with Gasteiger partial charge < -0.3 is 15.2 Å². The number of hydrogen-bond acceptors (Lipinski definition) is 2. The van der Waals surface area contributed by atoms with E-state index in [0.717, 1.165) is 28.6 Å². The van der Waals surface area contributed by atoms with Gasteiger partial charge in [0.15, 0.2) is 0 Å². The van der Waals surface area contributed by atoms with Gasteiger partial charge in [-0.05, 0) is 54.3 Å². The Kier molecular flexibility index (Phi) is 5.34. The summed E-state index contributed by atoms with van der Waals surface area (Å²) in [6.45, 7) is 3.00. The van der Waals surface area contributed by atoms with Gasteiger partial charge in [-0.15, -0.1) is 0 Å². The van der Waals surface area contributed by atoms with E-state index in [1.54, 1.807) is 11.0 Å². The zero-order chi connectivity index (χ0) is 20.4. The van der Waals surface area contributed by atoms with E-state index < -0.39 is 0 Å². The largest absolute Gasteiger partial charge is 0.361 e. The fourth-order valence-corrected chi connectivity index (χ4v) is 3.84. The van der Waals surface area contributed by atoms with Crippen molar-refractivity contribution in [2.75, 3.05) is 18.4 Å².